The van der Waals surface area contributed by atoms with Gasteiger partial charge in [0.1, 0.15) is 11.3 Å². The Morgan fingerprint density at radius 2 is 1.67 bits per heavy atom. The first kappa shape index (κ1) is 22.5. The zero-order valence-corrected chi connectivity index (χ0v) is 14.1. The average Bonchev–Trinajstić information content (AvgIpc) is 2.50. The molecular weight excluding hydrogens is 407 g/mol. The highest BCUT2D eigenvalue weighted by Crippen LogP contribution is 2.38. The van der Waals surface area contributed by atoms with Crippen molar-refractivity contribution in [2.45, 2.75) is 24.5 Å². The van der Waals surface area contributed by atoms with Gasteiger partial charge in [-0.2, -0.15) is 30.4 Å². The zero-order valence-electron chi connectivity index (χ0n) is 13.3. The molecule has 13 heteroatoms. The number of alkyl halides is 5. The summed E-state index contributed by atoms with van der Waals surface area (Å²) in [5.41, 5.74) is -1.03. The quantitative estimate of drug-likeness (QED) is 0.249. The number of para-hydroxylation sites is 1. The second kappa shape index (κ2) is 7.60. The summed E-state index contributed by atoms with van der Waals surface area (Å²) in [7, 11) is -6.58. The summed E-state index contributed by atoms with van der Waals surface area (Å²) < 4.78 is 103. The summed E-state index contributed by atoms with van der Waals surface area (Å²) in [6.45, 7) is 4.45. The number of hydrogen-bond acceptors (Lipinski definition) is 6. The molecule has 150 valence electrons. The number of carbonyl (C=O) groups is 2. The van der Waals surface area contributed by atoms with E-state index in [-0.39, 0.29) is 5.57 Å². The van der Waals surface area contributed by atoms with Gasteiger partial charge in [0, 0.05) is 5.57 Å². The maximum absolute atomic E-state index is 13.5. The highest BCUT2D eigenvalue weighted by Gasteiger charge is 2.66. The molecule has 0 aliphatic carbocycles. The van der Waals surface area contributed by atoms with Crippen LogP contribution < -0.4 is 4.74 Å². The number of carbonyl (C=O) groups excluding carboxylic acids is 2. The van der Waals surface area contributed by atoms with Crippen LogP contribution in [0.2, 0.25) is 0 Å². The molecule has 1 aromatic rings. The van der Waals surface area contributed by atoms with Crippen molar-refractivity contribution >= 4 is 22.1 Å². The lowest BCUT2D eigenvalue weighted by Crippen LogP contribution is -2.52. The summed E-state index contributed by atoms with van der Waals surface area (Å²) in [4.78, 5) is 23.4. The molecule has 0 spiro atoms. The molecule has 0 amide bonds. The Bertz CT molecular complexity index is 861. The topological polar surface area (TPSA) is 107 Å². The first-order valence-corrected chi connectivity index (χ1v) is 8.12. The van der Waals surface area contributed by atoms with Crippen molar-refractivity contribution in [1.29, 1.82) is 0 Å². The van der Waals surface area contributed by atoms with Gasteiger partial charge in [-0.15, -0.1) is 0 Å². The first-order chi connectivity index (χ1) is 12.1. The van der Waals surface area contributed by atoms with Crippen LogP contribution in [-0.4, -0.2) is 42.4 Å². The molecule has 0 heterocycles. The summed E-state index contributed by atoms with van der Waals surface area (Å²) in [6.07, 6.45) is -10.6. The van der Waals surface area contributed by atoms with Gasteiger partial charge in [-0.05, 0) is 19.1 Å². The van der Waals surface area contributed by atoms with Crippen LogP contribution >= 0.6 is 0 Å². The summed E-state index contributed by atoms with van der Waals surface area (Å²) in [6, 6.07) is 4.01. The van der Waals surface area contributed by atoms with Crippen molar-refractivity contribution in [1.82, 2.24) is 0 Å². The van der Waals surface area contributed by atoms with Crippen LogP contribution in [-0.2, 0) is 19.6 Å². The molecule has 0 saturated heterocycles. The second-order valence-electron chi connectivity index (χ2n) is 5.03. The predicted molar refractivity (Wildman–Crippen MR) is 78.6 cm³/mol. The fraction of sp³-hybridized carbons (Fsp3) is 0.286. The number of benzene rings is 1. The van der Waals surface area contributed by atoms with Crippen LogP contribution in [0.15, 0.2) is 36.4 Å². The van der Waals surface area contributed by atoms with Crippen molar-refractivity contribution in [2.24, 2.45) is 0 Å². The molecule has 0 bridgehead atoms. The van der Waals surface area contributed by atoms with Crippen LogP contribution in [0.1, 0.15) is 17.3 Å². The number of rotatable bonds is 6. The minimum Gasteiger partial charge on any atom is -0.441 e. The summed E-state index contributed by atoms with van der Waals surface area (Å²) in [5.74, 6) is -3.80. The molecule has 1 atom stereocenters. The van der Waals surface area contributed by atoms with E-state index < -0.39 is 50.9 Å². The van der Waals surface area contributed by atoms with E-state index in [2.05, 4.69) is 16.1 Å². The van der Waals surface area contributed by atoms with Gasteiger partial charge in [0.2, 0.25) is 0 Å². The first-order valence-electron chi connectivity index (χ1n) is 6.68. The van der Waals surface area contributed by atoms with E-state index in [9.17, 15) is 40.0 Å². The Morgan fingerprint density at radius 1 is 1.15 bits per heavy atom. The van der Waals surface area contributed by atoms with E-state index in [4.69, 9.17) is 4.55 Å². The van der Waals surface area contributed by atoms with Crippen molar-refractivity contribution in [3.8, 4) is 5.75 Å². The third-order valence-electron chi connectivity index (χ3n) is 2.83. The number of ether oxygens (including phenoxy) is 2. The van der Waals surface area contributed by atoms with E-state index in [1.165, 1.54) is 13.0 Å². The number of hydrogen-bond donors (Lipinski definition) is 1. The third-order valence-corrected chi connectivity index (χ3v) is 3.73. The molecule has 0 aromatic heterocycles. The number of esters is 2. The van der Waals surface area contributed by atoms with Crippen LogP contribution in [0.5, 0.6) is 5.75 Å². The fourth-order valence-corrected chi connectivity index (χ4v) is 2.00. The Kier molecular flexibility index (Phi) is 6.33. The van der Waals surface area contributed by atoms with Crippen molar-refractivity contribution < 1.29 is 54.0 Å². The van der Waals surface area contributed by atoms with Gasteiger partial charge < -0.3 is 9.47 Å². The highest BCUT2D eigenvalue weighted by molar-refractivity contribution is 7.86. The smallest absolute Gasteiger partial charge is 0.432 e. The molecule has 0 fully saturated rings. The lowest BCUT2D eigenvalue weighted by molar-refractivity contribution is -0.248. The molecule has 1 rings (SSSR count). The average molecular weight is 418 g/mol. The second-order valence-corrected chi connectivity index (χ2v) is 6.52. The summed E-state index contributed by atoms with van der Waals surface area (Å²) in [5, 5.41) is -5.88. The lowest BCUT2D eigenvalue weighted by atomic mass is 10.2. The van der Waals surface area contributed by atoms with Gasteiger partial charge in [-0.3, -0.25) is 4.55 Å². The Morgan fingerprint density at radius 3 is 2.11 bits per heavy atom. The standard InChI is InChI=1S/C14H11F5O7S/c1-7(2)10(20)25-9-6-4-3-5-8(9)11(21)26-12(13(15,16)17)14(18,19)27(22,23)24/h3-6,12H,1H2,2H3,(H,22,23,24). The van der Waals surface area contributed by atoms with Gasteiger partial charge in [-0.25, -0.2) is 9.59 Å². The van der Waals surface area contributed by atoms with Crippen molar-refractivity contribution in [2.75, 3.05) is 0 Å². The van der Waals surface area contributed by atoms with Gasteiger partial charge in [0.05, 0.1) is 0 Å². The van der Waals surface area contributed by atoms with Crippen LogP contribution in [0, 0.1) is 0 Å². The van der Waals surface area contributed by atoms with E-state index >= 15 is 0 Å². The Hall–Kier alpha value is -2.54. The van der Waals surface area contributed by atoms with Crippen molar-refractivity contribution in [3.05, 3.63) is 42.0 Å². The van der Waals surface area contributed by atoms with E-state index in [1.807, 2.05) is 0 Å². The monoisotopic (exact) mass is 418 g/mol. The highest BCUT2D eigenvalue weighted by atomic mass is 32.2. The molecular formula is C14H11F5O7S. The predicted octanol–water partition coefficient (Wildman–Crippen LogP) is 2.74. The minimum atomic E-state index is -6.58. The fourth-order valence-electron chi connectivity index (χ4n) is 1.54. The molecule has 0 aliphatic rings. The number of halogens is 5. The van der Waals surface area contributed by atoms with Gasteiger partial charge in [0.25, 0.3) is 6.10 Å². The van der Waals surface area contributed by atoms with Crippen LogP contribution in [0.25, 0.3) is 0 Å². The Balaban J connectivity index is 3.29. The van der Waals surface area contributed by atoms with E-state index in [0.29, 0.717) is 0 Å². The van der Waals surface area contributed by atoms with Crippen LogP contribution in [0.4, 0.5) is 22.0 Å². The third kappa shape index (κ3) is 5.23. The molecule has 1 N–H and O–H groups in total. The molecule has 0 saturated carbocycles. The molecule has 0 radical (unpaired) electrons. The Labute approximate surface area is 149 Å². The maximum Gasteiger partial charge on any atom is 0.432 e. The van der Waals surface area contributed by atoms with Crippen molar-refractivity contribution in [3.63, 3.8) is 0 Å². The normalized spacial score (nSPS) is 13.6. The molecule has 7 nitrogen and oxygen atoms in total. The molecule has 0 aliphatic heterocycles. The summed E-state index contributed by atoms with van der Waals surface area (Å²) >= 11 is 0. The van der Waals surface area contributed by atoms with Crippen LogP contribution in [0.3, 0.4) is 0 Å². The minimum absolute atomic E-state index is 0.149. The van der Waals surface area contributed by atoms with E-state index in [0.717, 1.165) is 18.2 Å². The largest absolute Gasteiger partial charge is 0.441 e. The van der Waals surface area contributed by atoms with Gasteiger partial charge in [-0.1, -0.05) is 18.7 Å². The molecule has 1 aromatic carbocycles. The van der Waals surface area contributed by atoms with E-state index in [1.54, 1.807) is 0 Å². The molecule has 27 heavy (non-hydrogen) atoms. The van der Waals surface area contributed by atoms with Gasteiger partial charge in [0.15, 0.2) is 0 Å². The lowest BCUT2D eigenvalue weighted by Gasteiger charge is -2.26. The SMILES string of the molecule is C=C(C)C(=O)Oc1ccccc1C(=O)OC(C(F)(F)F)C(F)(F)S(=O)(=O)O. The molecule has 1 unspecified atom stereocenters. The van der Waals surface area contributed by atoms with Gasteiger partial charge >= 0.3 is 33.5 Å². The zero-order chi connectivity index (χ0) is 21.2. The maximum atomic E-state index is 13.5.